The normalized spacial score (nSPS) is 10.1. The number of fused-ring (bicyclic) bond motifs is 1. The van der Waals surface area contributed by atoms with E-state index in [1.807, 2.05) is 31.3 Å². The van der Waals surface area contributed by atoms with Crippen molar-refractivity contribution in [1.29, 1.82) is 0 Å². The van der Waals surface area contributed by atoms with Gasteiger partial charge in [0.1, 0.15) is 0 Å². The molecule has 0 aliphatic rings. The van der Waals surface area contributed by atoms with Gasteiger partial charge in [-0.2, -0.15) is 5.10 Å². The molecule has 5 heteroatoms. The van der Waals surface area contributed by atoms with Crippen LogP contribution in [0.1, 0.15) is 0 Å². The van der Waals surface area contributed by atoms with Crippen molar-refractivity contribution in [1.82, 2.24) is 15.1 Å². The Labute approximate surface area is 99.7 Å². The number of aromatic nitrogens is 2. The first-order chi connectivity index (χ1) is 7.33. The van der Waals surface area contributed by atoms with Crippen molar-refractivity contribution >= 4 is 23.2 Å². The van der Waals surface area contributed by atoms with Crippen molar-refractivity contribution in [3.05, 3.63) is 40.8 Å². The second-order valence-electron chi connectivity index (χ2n) is 3.36. The molecule has 2 rings (SSSR count). The fourth-order valence-electron chi connectivity index (χ4n) is 1.50. The Morgan fingerprint density at radius 3 is 2.88 bits per heavy atom. The maximum Gasteiger partial charge on any atom is 0.274 e. The highest BCUT2D eigenvalue weighted by Crippen LogP contribution is 2.05. The highest BCUT2D eigenvalue weighted by Gasteiger charge is 2.01. The fraction of sp³-hybridized carbons (Fsp3) is 0.273. The molecule has 1 heterocycles. The lowest BCUT2D eigenvalue weighted by Crippen LogP contribution is -2.27. The van der Waals surface area contributed by atoms with Crippen molar-refractivity contribution in [2.24, 2.45) is 0 Å². The van der Waals surface area contributed by atoms with Gasteiger partial charge in [-0.3, -0.25) is 4.79 Å². The van der Waals surface area contributed by atoms with Crippen LogP contribution in [-0.2, 0) is 6.54 Å². The van der Waals surface area contributed by atoms with Crippen LogP contribution in [0.25, 0.3) is 10.8 Å². The molecule has 1 aromatic carbocycles. The van der Waals surface area contributed by atoms with E-state index in [1.54, 1.807) is 6.20 Å². The maximum absolute atomic E-state index is 11.9. The SMILES string of the molecule is CNCCn1ncc2ccccc2c1=O.Cl. The van der Waals surface area contributed by atoms with E-state index >= 15 is 0 Å². The van der Waals surface area contributed by atoms with Crippen LogP contribution in [0, 0.1) is 0 Å². The zero-order valence-corrected chi connectivity index (χ0v) is 9.83. The van der Waals surface area contributed by atoms with Crippen LogP contribution in [0.4, 0.5) is 0 Å². The molecule has 1 N–H and O–H groups in total. The molecule has 0 saturated carbocycles. The van der Waals surface area contributed by atoms with Gasteiger partial charge in [0, 0.05) is 11.9 Å². The molecular weight excluding hydrogens is 226 g/mol. The summed E-state index contributed by atoms with van der Waals surface area (Å²) < 4.78 is 1.48. The molecule has 0 fully saturated rings. The van der Waals surface area contributed by atoms with Gasteiger partial charge in [0.05, 0.1) is 18.1 Å². The topological polar surface area (TPSA) is 46.9 Å². The highest BCUT2D eigenvalue weighted by molar-refractivity contribution is 5.85. The van der Waals surface area contributed by atoms with Gasteiger partial charge in [0.2, 0.25) is 0 Å². The van der Waals surface area contributed by atoms with E-state index in [4.69, 9.17) is 0 Å². The van der Waals surface area contributed by atoms with E-state index in [-0.39, 0.29) is 18.0 Å². The molecule has 2 aromatic rings. The predicted molar refractivity (Wildman–Crippen MR) is 67.2 cm³/mol. The van der Waals surface area contributed by atoms with Gasteiger partial charge < -0.3 is 5.32 Å². The minimum atomic E-state index is -0.0247. The summed E-state index contributed by atoms with van der Waals surface area (Å²) in [5.41, 5.74) is -0.0247. The first kappa shape index (κ1) is 12.7. The minimum Gasteiger partial charge on any atom is -0.318 e. The summed E-state index contributed by atoms with van der Waals surface area (Å²) in [4.78, 5) is 11.9. The number of rotatable bonds is 3. The zero-order chi connectivity index (χ0) is 10.7. The monoisotopic (exact) mass is 239 g/mol. The third-order valence-corrected chi connectivity index (χ3v) is 2.34. The Balaban J connectivity index is 0.00000128. The van der Waals surface area contributed by atoms with Crippen LogP contribution in [0.15, 0.2) is 35.3 Å². The lowest BCUT2D eigenvalue weighted by molar-refractivity contribution is 0.560. The average molecular weight is 240 g/mol. The third-order valence-electron chi connectivity index (χ3n) is 2.34. The molecule has 0 aliphatic carbocycles. The number of nitrogens with zero attached hydrogens (tertiary/aromatic N) is 2. The lowest BCUT2D eigenvalue weighted by atomic mass is 10.2. The number of benzene rings is 1. The van der Waals surface area contributed by atoms with E-state index in [1.165, 1.54) is 4.68 Å². The van der Waals surface area contributed by atoms with E-state index in [2.05, 4.69) is 10.4 Å². The van der Waals surface area contributed by atoms with Gasteiger partial charge in [-0.25, -0.2) is 4.68 Å². The molecule has 0 spiro atoms. The molecule has 4 nitrogen and oxygen atoms in total. The number of hydrogen-bond donors (Lipinski definition) is 1. The lowest BCUT2D eigenvalue weighted by Gasteiger charge is -2.04. The third kappa shape index (κ3) is 2.40. The van der Waals surface area contributed by atoms with Crippen LogP contribution in [0.3, 0.4) is 0 Å². The first-order valence-electron chi connectivity index (χ1n) is 4.92. The number of nitrogens with one attached hydrogen (secondary N) is 1. The molecule has 0 aliphatic heterocycles. The summed E-state index contributed by atoms with van der Waals surface area (Å²) in [5, 5.41) is 8.72. The summed E-state index contributed by atoms with van der Waals surface area (Å²) in [5.74, 6) is 0. The van der Waals surface area contributed by atoms with Crippen molar-refractivity contribution in [3.8, 4) is 0 Å². The Hall–Kier alpha value is -1.39. The number of likely N-dealkylation sites (N-methyl/N-ethyl adjacent to an activating group) is 1. The van der Waals surface area contributed by atoms with E-state index in [0.717, 1.165) is 17.3 Å². The molecule has 0 unspecified atom stereocenters. The highest BCUT2D eigenvalue weighted by atomic mass is 35.5. The van der Waals surface area contributed by atoms with Gasteiger partial charge in [-0.1, -0.05) is 18.2 Å². The fourth-order valence-corrected chi connectivity index (χ4v) is 1.50. The predicted octanol–water partition coefficient (Wildman–Crippen LogP) is 1.04. The second kappa shape index (κ2) is 5.63. The van der Waals surface area contributed by atoms with Gasteiger partial charge in [0.25, 0.3) is 5.56 Å². The summed E-state index contributed by atoms with van der Waals surface area (Å²) >= 11 is 0. The smallest absolute Gasteiger partial charge is 0.274 e. The first-order valence-corrected chi connectivity index (χ1v) is 4.92. The Bertz CT molecular complexity index is 524. The molecule has 0 saturated heterocycles. The molecular formula is C11H14ClN3O. The number of halogens is 1. The van der Waals surface area contributed by atoms with E-state index < -0.39 is 0 Å². The summed E-state index contributed by atoms with van der Waals surface area (Å²) in [6.45, 7) is 1.34. The van der Waals surface area contributed by atoms with Crippen LogP contribution in [-0.4, -0.2) is 23.4 Å². The summed E-state index contributed by atoms with van der Waals surface area (Å²) in [7, 11) is 1.85. The Morgan fingerprint density at radius 2 is 2.12 bits per heavy atom. The largest absolute Gasteiger partial charge is 0.318 e. The quantitative estimate of drug-likeness (QED) is 0.871. The summed E-state index contributed by atoms with van der Waals surface area (Å²) in [6, 6.07) is 7.49. The van der Waals surface area contributed by atoms with Crippen molar-refractivity contribution in [3.63, 3.8) is 0 Å². The standard InChI is InChI=1S/C11H13N3O.ClH/c1-12-6-7-14-11(15)10-5-3-2-4-9(10)8-13-14;/h2-5,8,12H,6-7H2,1H3;1H. The maximum atomic E-state index is 11.9. The van der Waals surface area contributed by atoms with Crippen molar-refractivity contribution in [2.45, 2.75) is 6.54 Å². The van der Waals surface area contributed by atoms with Gasteiger partial charge >= 0.3 is 0 Å². The molecule has 0 amide bonds. The molecule has 1 aromatic heterocycles. The Kier molecular flexibility index (Phi) is 4.46. The molecule has 86 valence electrons. The van der Waals surface area contributed by atoms with Gasteiger partial charge in [0.15, 0.2) is 0 Å². The minimum absolute atomic E-state index is 0. The Morgan fingerprint density at radius 1 is 1.38 bits per heavy atom. The number of hydrogen-bond acceptors (Lipinski definition) is 3. The van der Waals surface area contributed by atoms with Gasteiger partial charge in [-0.05, 0) is 13.1 Å². The average Bonchev–Trinajstić information content (AvgIpc) is 2.29. The molecule has 0 radical (unpaired) electrons. The van der Waals surface area contributed by atoms with Crippen molar-refractivity contribution < 1.29 is 0 Å². The van der Waals surface area contributed by atoms with Crippen LogP contribution < -0.4 is 10.9 Å². The summed E-state index contributed by atoms with van der Waals surface area (Å²) in [6.07, 6.45) is 1.73. The van der Waals surface area contributed by atoms with Crippen LogP contribution in [0.2, 0.25) is 0 Å². The van der Waals surface area contributed by atoms with E-state index in [0.29, 0.717) is 6.54 Å². The second-order valence-corrected chi connectivity index (χ2v) is 3.36. The zero-order valence-electron chi connectivity index (χ0n) is 9.01. The van der Waals surface area contributed by atoms with Gasteiger partial charge in [-0.15, -0.1) is 12.4 Å². The van der Waals surface area contributed by atoms with E-state index in [9.17, 15) is 4.79 Å². The van der Waals surface area contributed by atoms with Crippen LogP contribution in [0.5, 0.6) is 0 Å². The van der Waals surface area contributed by atoms with Crippen molar-refractivity contribution in [2.75, 3.05) is 13.6 Å². The molecule has 16 heavy (non-hydrogen) atoms. The molecule has 0 atom stereocenters. The van der Waals surface area contributed by atoms with Crippen LogP contribution >= 0.6 is 12.4 Å². The molecule has 0 bridgehead atoms.